The fourth-order valence-electron chi connectivity index (χ4n) is 4.30. The summed E-state index contributed by atoms with van der Waals surface area (Å²) in [6.45, 7) is 1.74. The van der Waals surface area contributed by atoms with Crippen LogP contribution in [0.25, 0.3) is 0 Å². The van der Waals surface area contributed by atoms with Crippen LogP contribution in [0.2, 0.25) is 0 Å². The molecule has 2 aliphatic heterocycles. The highest BCUT2D eigenvalue weighted by Gasteiger charge is 2.38. The molecular weight excluding hydrogens is 463 g/mol. The van der Waals surface area contributed by atoms with Crippen LogP contribution >= 0.6 is 0 Å². The number of amides is 1. The Morgan fingerprint density at radius 1 is 1.03 bits per heavy atom. The molecule has 0 aliphatic carbocycles. The number of halogens is 1. The third-order valence-electron chi connectivity index (χ3n) is 6.16. The van der Waals surface area contributed by atoms with Gasteiger partial charge in [0.25, 0.3) is 0 Å². The van der Waals surface area contributed by atoms with Gasteiger partial charge in [-0.3, -0.25) is 10.0 Å². The normalized spacial score (nSPS) is 20.8. The van der Waals surface area contributed by atoms with Crippen LogP contribution in [0.3, 0.4) is 0 Å². The van der Waals surface area contributed by atoms with E-state index in [1.807, 2.05) is 4.90 Å². The van der Waals surface area contributed by atoms with Gasteiger partial charge in [0.2, 0.25) is 26.5 Å². The van der Waals surface area contributed by atoms with Gasteiger partial charge in [-0.05, 0) is 43.0 Å². The first-order valence-corrected chi connectivity index (χ1v) is 13.8. The standard InChI is InChI=1S/C19H29FN4O6S2/c1-31(27,28)22-8-6-16(7-9-22)19(24(26)15-25)14-32(29,30)23-12-10-21(11-13-23)18-4-2-17(20)3-5-18/h2-5,15-16,19,26H,6-14H2,1H3. The summed E-state index contributed by atoms with van der Waals surface area (Å²) in [4.78, 5) is 13.2. The Labute approximate surface area is 188 Å². The van der Waals surface area contributed by atoms with E-state index in [0.29, 0.717) is 31.0 Å². The molecule has 3 rings (SSSR count). The van der Waals surface area contributed by atoms with E-state index in [9.17, 15) is 31.2 Å². The maximum atomic E-state index is 13.1. The number of piperazine rings is 1. The molecule has 2 heterocycles. The van der Waals surface area contributed by atoms with E-state index in [2.05, 4.69) is 0 Å². The number of hydroxylamine groups is 2. The van der Waals surface area contributed by atoms with E-state index in [4.69, 9.17) is 0 Å². The number of carbonyl (C=O) groups is 1. The van der Waals surface area contributed by atoms with Crippen LogP contribution in [0.4, 0.5) is 10.1 Å². The van der Waals surface area contributed by atoms with Gasteiger partial charge in [0.15, 0.2) is 0 Å². The van der Waals surface area contributed by atoms with Crippen molar-refractivity contribution in [3.8, 4) is 0 Å². The minimum Gasteiger partial charge on any atom is -0.369 e. The molecule has 2 fully saturated rings. The van der Waals surface area contributed by atoms with Gasteiger partial charge in [-0.1, -0.05) is 0 Å². The average molecular weight is 493 g/mol. The second-order valence-electron chi connectivity index (χ2n) is 8.19. The Morgan fingerprint density at radius 3 is 2.09 bits per heavy atom. The molecule has 180 valence electrons. The van der Waals surface area contributed by atoms with Crippen molar-refractivity contribution in [1.82, 2.24) is 13.7 Å². The summed E-state index contributed by atoms with van der Waals surface area (Å²) in [6.07, 6.45) is 1.99. The highest BCUT2D eigenvalue weighted by atomic mass is 32.2. The summed E-state index contributed by atoms with van der Waals surface area (Å²) in [7, 11) is -7.13. The lowest BCUT2D eigenvalue weighted by Crippen LogP contribution is -2.53. The average Bonchev–Trinajstić information content (AvgIpc) is 2.77. The predicted molar refractivity (Wildman–Crippen MR) is 117 cm³/mol. The van der Waals surface area contributed by atoms with Crippen molar-refractivity contribution in [2.75, 3.05) is 56.2 Å². The minimum absolute atomic E-state index is 0.190. The minimum atomic E-state index is -3.79. The number of piperidine rings is 1. The Kier molecular flexibility index (Phi) is 7.76. The van der Waals surface area contributed by atoms with Gasteiger partial charge < -0.3 is 4.90 Å². The lowest BCUT2D eigenvalue weighted by Gasteiger charge is -2.39. The number of carbonyl (C=O) groups excluding carboxylic acids is 1. The van der Waals surface area contributed by atoms with Gasteiger partial charge in [0.1, 0.15) is 5.82 Å². The zero-order valence-corrected chi connectivity index (χ0v) is 19.5. The molecule has 1 aromatic carbocycles. The number of hydrogen-bond acceptors (Lipinski definition) is 7. The van der Waals surface area contributed by atoms with Crippen LogP contribution in [-0.4, -0.2) is 99.4 Å². The van der Waals surface area contributed by atoms with E-state index in [-0.39, 0.29) is 44.3 Å². The Hall–Kier alpha value is -1.80. The van der Waals surface area contributed by atoms with E-state index in [0.717, 1.165) is 11.9 Å². The van der Waals surface area contributed by atoms with Crippen molar-refractivity contribution in [2.24, 2.45) is 5.92 Å². The van der Waals surface area contributed by atoms with Crippen LogP contribution in [0.15, 0.2) is 24.3 Å². The lowest BCUT2D eigenvalue weighted by molar-refractivity contribution is -0.164. The molecule has 2 aliphatic rings. The first-order valence-electron chi connectivity index (χ1n) is 10.4. The molecule has 1 aromatic rings. The monoisotopic (exact) mass is 492 g/mol. The lowest BCUT2D eigenvalue weighted by atomic mass is 9.91. The third kappa shape index (κ3) is 5.95. The molecule has 1 atom stereocenters. The zero-order chi connectivity index (χ0) is 23.5. The predicted octanol–water partition coefficient (Wildman–Crippen LogP) is 0.165. The largest absolute Gasteiger partial charge is 0.369 e. The summed E-state index contributed by atoms with van der Waals surface area (Å²) in [5.41, 5.74) is 0.807. The van der Waals surface area contributed by atoms with Crippen LogP contribution < -0.4 is 4.90 Å². The highest BCUT2D eigenvalue weighted by Crippen LogP contribution is 2.27. The molecule has 0 saturated carbocycles. The summed E-state index contributed by atoms with van der Waals surface area (Å²) >= 11 is 0. The molecule has 0 spiro atoms. The van der Waals surface area contributed by atoms with E-state index in [1.54, 1.807) is 12.1 Å². The molecule has 10 nitrogen and oxygen atoms in total. The topological polar surface area (TPSA) is 119 Å². The number of rotatable bonds is 8. The van der Waals surface area contributed by atoms with Gasteiger partial charge in [-0.15, -0.1) is 0 Å². The highest BCUT2D eigenvalue weighted by molar-refractivity contribution is 7.89. The molecule has 0 bridgehead atoms. The van der Waals surface area contributed by atoms with Gasteiger partial charge >= 0.3 is 0 Å². The van der Waals surface area contributed by atoms with E-state index in [1.165, 1.54) is 20.7 Å². The molecule has 2 saturated heterocycles. The quantitative estimate of drug-likeness (QED) is 0.312. The van der Waals surface area contributed by atoms with Gasteiger partial charge in [-0.2, -0.15) is 4.31 Å². The Morgan fingerprint density at radius 2 is 1.59 bits per heavy atom. The van der Waals surface area contributed by atoms with Crippen molar-refractivity contribution < 1.29 is 31.2 Å². The van der Waals surface area contributed by atoms with Crippen molar-refractivity contribution in [2.45, 2.75) is 18.9 Å². The fraction of sp³-hybridized carbons (Fsp3) is 0.632. The molecule has 1 N–H and O–H groups in total. The van der Waals surface area contributed by atoms with Crippen molar-refractivity contribution in [1.29, 1.82) is 0 Å². The molecule has 0 radical (unpaired) electrons. The summed E-state index contributed by atoms with van der Waals surface area (Å²) in [6, 6.07) is 5.04. The molecule has 1 unspecified atom stereocenters. The third-order valence-corrected chi connectivity index (χ3v) is 9.38. The van der Waals surface area contributed by atoms with Crippen molar-refractivity contribution in [3.63, 3.8) is 0 Å². The second-order valence-corrected chi connectivity index (χ2v) is 12.2. The summed E-state index contributed by atoms with van der Waals surface area (Å²) in [5, 5.41) is 10.5. The van der Waals surface area contributed by atoms with Crippen LogP contribution in [0.1, 0.15) is 12.8 Å². The van der Waals surface area contributed by atoms with Crippen molar-refractivity contribution >= 4 is 32.1 Å². The molecular formula is C19H29FN4O6S2. The van der Waals surface area contributed by atoms with Crippen LogP contribution in [0, 0.1) is 11.7 Å². The van der Waals surface area contributed by atoms with Crippen LogP contribution in [-0.2, 0) is 24.8 Å². The smallest absolute Gasteiger partial charge is 0.233 e. The zero-order valence-electron chi connectivity index (χ0n) is 17.9. The second kappa shape index (κ2) is 10.00. The number of nitrogens with zero attached hydrogens (tertiary/aromatic N) is 4. The number of benzene rings is 1. The van der Waals surface area contributed by atoms with E-state index >= 15 is 0 Å². The number of hydrogen-bond donors (Lipinski definition) is 1. The van der Waals surface area contributed by atoms with Crippen LogP contribution in [0.5, 0.6) is 0 Å². The first kappa shape index (κ1) is 24.8. The molecule has 13 heteroatoms. The van der Waals surface area contributed by atoms with Gasteiger partial charge in [0.05, 0.1) is 18.1 Å². The molecule has 32 heavy (non-hydrogen) atoms. The summed E-state index contributed by atoms with van der Waals surface area (Å²) < 4.78 is 65.4. The first-order chi connectivity index (χ1) is 15.0. The molecule has 0 aromatic heterocycles. The van der Waals surface area contributed by atoms with E-state index < -0.39 is 31.8 Å². The number of anilines is 1. The summed E-state index contributed by atoms with van der Waals surface area (Å²) in [5.74, 6) is -1.13. The Balaban J connectivity index is 1.63. The maximum absolute atomic E-state index is 13.1. The van der Waals surface area contributed by atoms with Gasteiger partial charge in [-0.25, -0.2) is 30.6 Å². The fourth-order valence-corrected chi connectivity index (χ4v) is 6.96. The maximum Gasteiger partial charge on any atom is 0.233 e. The van der Waals surface area contributed by atoms with Gasteiger partial charge in [0, 0.05) is 45.0 Å². The number of sulfonamides is 2. The Bertz CT molecular complexity index is 989. The SMILES string of the molecule is CS(=O)(=O)N1CCC(C(CS(=O)(=O)N2CCN(c3ccc(F)cc3)CC2)N(O)C=O)CC1. The van der Waals surface area contributed by atoms with Crippen molar-refractivity contribution in [3.05, 3.63) is 30.1 Å². The molecule has 1 amide bonds.